The molecule has 11 heavy (non-hydrogen) atoms. The number of carbonyl (C=O) groups is 1. The Morgan fingerprint density at radius 3 is 2.36 bits per heavy atom. The Morgan fingerprint density at radius 2 is 2.18 bits per heavy atom. The minimum Gasteiger partial charge on any atom is -0.477 e. The van der Waals surface area contributed by atoms with Crippen LogP contribution >= 0.6 is 23.2 Å². The van der Waals surface area contributed by atoms with Crippen molar-refractivity contribution in [3.63, 3.8) is 0 Å². The van der Waals surface area contributed by atoms with E-state index in [1.54, 1.807) is 0 Å². The van der Waals surface area contributed by atoms with Crippen LogP contribution in [0.2, 0.25) is 10.2 Å². The molecule has 0 saturated carbocycles. The second-order valence-electron chi connectivity index (χ2n) is 2.03. The van der Waals surface area contributed by atoms with Gasteiger partial charge in [0.2, 0.25) is 0 Å². The number of hydrogen-bond acceptors (Lipinski definition) is 1. The van der Waals surface area contributed by atoms with Gasteiger partial charge in [-0.1, -0.05) is 23.2 Å². The maximum Gasteiger partial charge on any atom is 0.354 e. The molecule has 0 aliphatic rings. The number of aromatic carboxylic acids is 1. The number of carboxylic acids is 1. The molecule has 0 aliphatic heterocycles. The van der Waals surface area contributed by atoms with Gasteiger partial charge in [-0.15, -0.1) is 0 Å². The maximum absolute atomic E-state index is 10.5. The summed E-state index contributed by atoms with van der Waals surface area (Å²) in [7, 11) is 1.54. The van der Waals surface area contributed by atoms with Gasteiger partial charge in [-0.2, -0.15) is 0 Å². The molecule has 0 saturated heterocycles. The highest BCUT2D eigenvalue weighted by molar-refractivity contribution is 6.36. The fourth-order valence-electron chi connectivity index (χ4n) is 0.782. The maximum atomic E-state index is 10.5. The van der Waals surface area contributed by atoms with Crippen molar-refractivity contribution in [1.82, 2.24) is 4.57 Å². The van der Waals surface area contributed by atoms with Crippen LogP contribution in [0.5, 0.6) is 0 Å². The van der Waals surface area contributed by atoms with Crippen LogP contribution in [0.25, 0.3) is 0 Å². The summed E-state index contributed by atoms with van der Waals surface area (Å²) in [6.07, 6.45) is 0. The third-order valence-electron chi connectivity index (χ3n) is 1.33. The molecule has 1 heterocycles. The van der Waals surface area contributed by atoms with Crippen molar-refractivity contribution in [2.75, 3.05) is 0 Å². The number of halogens is 2. The van der Waals surface area contributed by atoms with Crippen LogP contribution in [0.15, 0.2) is 6.07 Å². The van der Waals surface area contributed by atoms with Crippen molar-refractivity contribution >= 4 is 29.2 Å². The van der Waals surface area contributed by atoms with E-state index >= 15 is 0 Å². The molecule has 0 unspecified atom stereocenters. The van der Waals surface area contributed by atoms with Crippen LogP contribution in [0.1, 0.15) is 10.5 Å². The van der Waals surface area contributed by atoms with E-state index in [2.05, 4.69) is 0 Å². The topological polar surface area (TPSA) is 42.2 Å². The molecule has 0 atom stereocenters. The van der Waals surface area contributed by atoms with E-state index in [1.807, 2.05) is 0 Å². The lowest BCUT2D eigenvalue weighted by molar-refractivity contribution is 0.0687. The Balaban J connectivity index is 3.34. The van der Waals surface area contributed by atoms with Crippen LogP contribution in [-0.4, -0.2) is 15.6 Å². The average molecular weight is 194 g/mol. The number of nitrogens with zero attached hydrogens (tertiary/aromatic N) is 1. The second kappa shape index (κ2) is 2.75. The molecular weight excluding hydrogens is 189 g/mol. The SMILES string of the molecule is Cn1c(Cl)cc(Cl)c1C(=O)O. The lowest BCUT2D eigenvalue weighted by atomic mass is 10.4. The van der Waals surface area contributed by atoms with Gasteiger partial charge in [0, 0.05) is 7.05 Å². The minimum atomic E-state index is -1.08. The van der Waals surface area contributed by atoms with Gasteiger partial charge in [0.25, 0.3) is 0 Å². The van der Waals surface area contributed by atoms with Crippen molar-refractivity contribution in [3.8, 4) is 0 Å². The fraction of sp³-hybridized carbons (Fsp3) is 0.167. The first kappa shape index (κ1) is 8.43. The van der Waals surface area contributed by atoms with Crippen molar-refractivity contribution < 1.29 is 9.90 Å². The predicted octanol–water partition coefficient (Wildman–Crippen LogP) is 2.03. The highest BCUT2D eigenvalue weighted by Crippen LogP contribution is 2.23. The number of aromatic nitrogens is 1. The summed E-state index contributed by atoms with van der Waals surface area (Å²) in [4.78, 5) is 10.5. The first-order chi connectivity index (χ1) is 5.04. The minimum absolute atomic E-state index is 0.0108. The third-order valence-corrected chi connectivity index (χ3v) is 1.98. The zero-order chi connectivity index (χ0) is 8.59. The summed E-state index contributed by atoms with van der Waals surface area (Å²) in [6.45, 7) is 0. The zero-order valence-electron chi connectivity index (χ0n) is 5.64. The first-order valence-corrected chi connectivity index (χ1v) is 3.53. The Morgan fingerprint density at radius 1 is 1.64 bits per heavy atom. The van der Waals surface area contributed by atoms with E-state index in [0.29, 0.717) is 5.15 Å². The molecule has 1 aromatic rings. The molecule has 0 aliphatic carbocycles. The zero-order valence-corrected chi connectivity index (χ0v) is 7.15. The van der Waals surface area contributed by atoms with Gasteiger partial charge in [-0.3, -0.25) is 0 Å². The molecule has 3 nitrogen and oxygen atoms in total. The van der Waals surface area contributed by atoms with Crippen LogP contribution in [0, 0.1) is 0 Å². The van der Waals surface area contributed by atoms with Gasteiger partial charge in [0.05, 0.1) is 5.02 Å². The molecule has 0 radical (unpaired) electrons. The standard InChI is InChI=1S/C6H5Cl2NO2/c1-9-4(8)2-3(7)5(9)6(10)11/h2H,1H3,(H,10,11). The van der Waals surface area contributed by atoms with Gasteiger partial charge in [0.15, 0.2) is 0 Å². The smallest absolute Gasteiger partial charge is 0.354 e. The largest absolute Gasteiger partial charge is 0.477 e. The lowest BCUT2D eigenvalue weighted by Gasteiger charge is -1.97. The molecule has 0 spiro atoms. The van der Waals surface area contributed by atoms with Crippen LogP contribution in [0.3, 0.4) is 0 Å². The predicted molar refractivity (Wildman–Crippen MR) is 42.4 cm³/mol. The molecule has 60 valence electrons. The first-order valence-electron chi connectivity index (χ1n) is 2.78. The summed E-state index contributed by atoms with van der Waals surface area (Å²) in [5, 5.41) is 9.07. The molecule has 0 bridgehead atoms. The highest BCUT2D eigenvalue weighted by atomic mass is 35.5. The van der Waals surface area contributed by atoms with Gasteiger partial charge in [0.1, 0.15) is 10.8 Å². The molecule has 1 rings (SSSR count). The number of rotatable bonds is 1. The van der Waals surface area contributed by atoms with E-state index < -0.39 is 5.97 Å². The van der Waals surface area contributed by atoms with Gasteiger partial charge >= 0.3 is 5.97 Å². The van der Waals surface area contributed by atoms with E-state index in [4.69, 9.17) is 28.3 Å². The Kier molecular flexibility index (Phi) is 2.11. The molecular formula is C6H5Cl2NO2. The number of carboxylic acid groups (broad SMARTS) is 1. The van der Waals surface area contributed by atoms with Crippen molar-refractivity contribution in [3.05, 3.63) is 21.9 Å². The third kappa shape index (κ3) is 1.34. The summed E-state index contributed by atoms with van der Waals surface area (Å²) in [6, 6.07) is 1.40. The molecule has 0 amide bonds. The number of hydrogen-bond donors (Lipinski definition) is 1. The molecule has 1 aromatic heterocycles. The van der Waals surface area contributed by atoms with Crippen LogP contribution in [0.4, 0.5) is 0 Å². The molecule has 5 heteroatoms. The van der Waals surface area contributed by atoms with Crippen LogP contribution in [-0.2, 0) is 7.05 Å². The average Bonchev–Trinajstić information content (AvgIpc) is 2.07. The van der Waals surface area contributed by atoms with Crippen molar-refractivity contribution in [2.45, 2.75) is 0 Å². The van der Waals surface area contributed by atoms with Crippen molar-refractivity contribution in [1.29, 1.82) is 0 Å². The summed E-state index contributed by atoms with van der Waals surface area (Å²) < 4.78 is 1.31. The monoisotopic (exact) mass is 193 g/mol. The lowest BCUT2D eigenvalue weighted by Crippen LogP contribution is -2.04. The summed E-state index contributed by atoms with van der Waals surface area (Å²) in [5.74, 6) is -1.08. The van der Waals surface area contributed by atoms with Gasteiger partial charge < -0.3 is 9.67 Å². The van der Waals surface area contributed by atoms with Gasteiger partial charge in [-0.05, 0) is 6.07 Å². The summed E-state index contributed by atoms with van der Waals surface area (Å²) >= 11 is 11.2. The van der Waals surface area contributed by atoms with E-state index in [1.165, 1.54) is 17.7 Å². The van der Waals surface area contributed by atoms with Crippen LogP contribution < -0.4 is 0 Å². The summed E-state index contributed by atoms with van der Waals surface area (Å²) in [5.41, 5.74) is 0.0108. The highest BCUT2D eigenvalue weighted by Gasteiger charge is 2.15. The molecule has 0 fully saturated rings. The molecule has 0 aromatic carbocycles. The van der Waals surface area contributed by atoms with E-state index in [0.717, 1.165) is 0 Å². The quantitative estimate of drug-likeness (QED) is 0.742. The van der Waals surface area contributed by atoms with E-state index in [-0.39, 0.29) is 10.7 Å². The Labute approximate surface area is 73.1 Å². The van der Waals surface area contributed by atoms with Crippen molar-refractivity contribution in [2.24, 2.45) is 7.05 Å². The Hall–Kier alpha value is -0.670. The normalized spacial score (nSPS) is 10.1. The fourth-order valence-corrected chi connectivity index (χ4v) is 1.34. The van der Waals surface area contributed by atoms with E-state index in [9.17, 15) is 4.79 Å². The Bertz CT molecular complexity index is 306. The van der Waals surface area contributed by atoms with Gasteiger partial charge in [-0.25, -0.2) is 4.79 Å². The second-order valence-corrected chi connectivity index (χ2v) is 2.82. The molecule has 1 N–H and O–H groups in total.